The fourth-order valence-electron chi connectivity index (χ4n) is 2.68. The average Bonchev–Trinajstić information content (AvgIpc) is 2.76. The molecular formula is C18H18F6N6O3. The summed E-state index contributed by atoms with van der Waals surface area (Å²) in [6.07, 6.45) is -9.29. The number of aromatic nitrogens is 3. The van der Waals surface area contributed by atoms with E-state index < -0.39 is 30.5 Å². The van der Waals surface area contributed by atoms with Gasteiger partial charge in [-0.05, 0) is 18.2 Å². The largest absolute Gasteiger partial charge is 0.454 e. The molecule has 15 heteroatoms. The van der Waals surface area contributed by atoms with E-state index in [2.05, 4.69) is 30.3 Å². The van der Waals surface area contributed by atoms with E-state index >= 15 is 0 Å². The van der Waals surface area contributed by atoms with Crippen molar-refractivity contribution in [1.29, 1.82) is 0 Å². The van der Waals surface area contributed by atoms with Crippen LogP contribution < -0.4 is 15.4 Å². The molecular weight excluding hydrogens is 462 g/mol. The minimum atomic E-state index is -4.68. The molecule has 1 aliphatic heterocycles. The molecule has 0 bridgehead atoms. The molecule has 0 saturated carbocycles. The molecule has 0 unspecified atom stereocenters. The van der Waals surface area contributed by atoms with Crippen LogP contribution in [0.4, 0.5) is 43.9 Å². The zero-order valence-electron chi connectivity index (χ0n) is 16.8. The van der Waals surface area contributed by atoms with Crippen LogP contribution in [0.3, 0.4) is 0 Å². The summed E-state index contributed by atoms with van der Waals surface area (Å²) < 4.78 is 86.0. The fourth-order valence-corrected chi connectivity index (χ4v) is 2.68. The van der Waals surface area contributed by atoms with Crippen molar-refractivity contribution in [3.63, 3.8) is 0 Å². The molecule has 0 aliphatic carbocycles. The molecule has 0 atom stereocenters. The Labute approximate surface area is 183 Å². The van der Waals surface area contributed by atoms with Gasteiger partial charge in [-0.25, -0.2) is 0 Å². The van der Waals surface area contributed by atoms with Gasteiger partial charge in [0.05, 0.1) is 25.3 Å². The Hall–Kier alpha value is -3.36. The number of benzene rings is 1. The highest BCUT2D eigenvalue weighted by Crippen LogP contribution is 2.31. The number of nitrogens with one attached hydrogen (secondary N) is 2. The van der Waals surface area contributed by atoms with Crippen molar-refractivity contribution < 1.29 is 40.6 Å². The highest BCUT2D eigenvalue weighted by molar-refractivity contribution is 5.80. The summed E-state index contributed by atoms with van der Waals surface area (Å²) in [6.45, 7) is -0.492. The van der Waals surface area contributed by atoms with Crippen LogP contribution in [0.2, 0.25) is 0 Å². The number of amides is 1. The van der Waals surface area contributed by atoms with Gasteiger partial charge in [-0.2, -0.15) is 41.3 Å². The number of carbonyl (C=O) groups is 1. The minimum absolute atomic E-state index is 0.0758. The molecule has 2 heterocycles. The van der Waals surface area contributed by atoms with Gasteiger partial charge in [0, 0.05) is 18.8 Å². The Kier molecular flexibility index (Phi) is 7.40. The number of halogens is 6. The van der Waals surface area contributed by atoms with Gasteiger partial charge >= 0.3 is 18.4 Å². The van der Waals surface area contributed by atoms with E-state index in [1.54, 1.807) is 0 Å². The highest BCUT2D eigenvalue weighted by Gasteiger charge is 2.31. The Morgan fingerprint density at radius 2 is 1.76 bits per heavy atom. The molecule has 180 valence electrons. The molecule has 2 aromatic rings. The summed E-state index contributed by atoms with van der Waals surface area (Å²) in [5.74, 6) is -1.02. The smallest absolute Gasteiger partial charge is 0.422 e. The third-order valence-electron chi connectivity index (χ3n) is 4.19. The SMILES string of the molecule is O=C(CNc1nc(Nc2cccc(C(F)(F)F)c2)nc(OCC(F)(F)F)n1)N1CCOCC1. The Bertz CT molecular complexity index is 965. The van der Waals surface area contributed by atoms with Gasteiger partial charge in [-0.1, -0.05) is 6.07 Å². The summed E-state index contributed by atoms with van der Waals surface area (Å²) in [6, 6.07) is 3.30. The second-order valence-corrected chi connectivity index (χ2v) is 6.72. The second kappa shape index (κ2) is 10.1. The molecule has 0 spiro atoms. The second-order valence-electron chi connectivity index (χ2n) is 6.72. The number of rotatable bonds is 7. The number of ether oxygens (including phenoxy) is 2. The molecule has 1 amide bonds. The maximum atomic E-state index is 12.9. The zero-order valence-corrected chi connectivity index (χ0v) is 16.8. The van der Waals surface area contributed by atoms with Crippen LogP contribution in [0.5, 0.6) is 6.01 Å². The number of carbonyl (C=O) groups excluding carboxylic acids is 1. The van der Waals surface area contributed by atoms with Crippen molar-refractivity contribution in [3.05, 3.63) is 29.8 Å². The maximum Gasteiger partial charge on any atom is 0.422 e. The van der Waals surface area contributed by atoms with Crippen molar-refractivity contribution in [2.75, 3.05) is 50.1 Å². The lowest BCUT2D eigenvalue weighted by atomic mass is 10.2. The first kappa shape index (κ1) is 24.3. The van der Waals surface area contributed by atoms with E-state index in [0.717, 1.165) is 18.2 Å². The quantitative estimate of drug-likeness (QED) is 0.584. The molecule has 1 aliphatic rings. The van der Waals surface area contributed by atoms with Gasteiger partial charge in [0.2, 0.25) is 17.8 Å². The van der Waals surface area contributed by atoms with Crippen LogP contribution in [-0.4, -0.2) is 71.4 Å². The molecule has 33 heavy (non-hydrogen) atoms. The maximum absolute atomic E-state index is 12.9. The first-order valence-corrected chi connectivity index (χ1v) is 9.49. The Balaban J connectivity index is 1.77. The van der Waals surface area contributed by atoms with Gasteiger partial charge in [0.1, 0.15) is 0 Å². The molecule has 0 radical (unpaired) electrons. The lowest BCUT2D eigenvalue weighted by Crippen LogP contribution is -2.43. The lowest BCUT2D eigenvalue weighted by molar-refractivity contribution is -0.154. The lowest BCUT2D eigenvalue weighted by Gasteiger charge is -2.26. The van der Waals surface area contributed by atoms with Gasteiger partial charge in [0.25, 0.3) is 0 Å². The predicted octanol–water partition coefficient (Wildman–Crippen LogP) is 2.85. The van der Waals surface area contributed by atoms with E-state index in [1.165, 1.54) is 11.0 Å². The predicted molar refractivity (Wildman–Crippen MR) is 102 cm³/mol. The van der Waals surface area contributed by atoms with Crippen molar-refractivity contribution in [1.82, 2.24) is 19.9 Å². The summed E-state index contributed by atoms with van der Waals surface area (Å²) in [4.78, 5) is 25.0. The van der Waals surface area contributed by atoms with Crippen LogP contribution in [0, 0.1) is 0 Å². The van der Waals surface area contributed by atoms with Gasteiger partial charge in [0.15, 0.2) is 6.61 Å². The third-order valence-corrected chi connectivity index (χ3v) is 4.19. The number of morpholine rings is 1. The molecule has 1 aromatic carbocycles. The number of nitrogens with zero attached hydrogens (tertiary/aromatic N) is 4. The first-order chi connectivity index (χ1) is 15.5. The molecule has 2 N–H and O–H groups in total. The fraction of sp³-hybridized carbons (Fsp3) is 0.444. The van der Waals surface area contributed by atoms with Crippen molar-refractivity contribution in [2.45, 2.75) is 12.4 Å². The number of hydrogen-bond acceptors (Lipinski definition) is 8. The van der Waals surface area contributed by atoms with E-state index in [4.69, 9.17) is 4.74 Å². The minimum Gasteiger partial charge on any atom is -0.454 e. The van der Waals surface area contributed by atoms with Gasteiger partial charge in [-0.15, -0.1) is 0 Å². The van der Waals surface area contributed by atoms with E-state index in [-0.39, 0.29) is 30.0 Å². The van der Waals surface area contributed by atoms with Crippen molar-refractivity contribution >= 4 is 23.5 Å². The van der Waals surface area contributed by atoms with Gasteiger partial charge < -0.3 is 25.0 Å². The van der Waals surface area contributed by atoms with E-state index in [1.807, 2.05) is 0 Å². The molecule has 1 fully saturated rings. The molecule has 1 saturated heterocycles. The first-order valence-electron chi connectivity index (χ1n) is 9.49. The topological polar surface area (TPSA) is 102 Å². The number of alkyl halides is 6. The molecule has 3 rings (SSSR count). The Morgan fingerprint density at radius 3 is 2.42 bits per heavy atom. The third kappa shape index (κ3) is 7.62. The standard InChI is InChI=1S/C18H18F6N6O3/c19-17(20,21)10-33-16-28-14(25-9-13(31)30-4-6-32-7-5-30)27-15(29-16)26-12-3-1-2-11(8-12)18(22,23)24/h1-3,8H,4-7,9-10H2,(H2,25,26,27,28,29). The number of anilines is 3. The average molecular weight is 480 g/mol. The van der Waals surface area contributed by atoms with Crippen molar-refractivity contribution in [3.8, 4) is 6.01 Å². The van der Waals surface area contributed by atoms with Crippen LogP contribution in [0.15, 0.2) is 24.3 Å². The van der Waals surface area contributed by atoms with Crippen LogP contribution in [-0.2, 0) is 15.7 Å². The summed E-state index contributed by atoms with van der Waals surface area (Å²) in [5.41, 5.74) is -1.03. The van der Waals surface area contributed by atoms with Crippen LogP contribution >= 0.6 is 0 Å². The molecule has 9 nitrogen and oxygen atoms in total. The zero-order chi connectivity index (χ0) is 24.1. The molecule has 1 aromatic heterocycles. The summed E-state index contributed by atoms with van der Waals surface area (Å²) in [7, 11) is 0. The van der Waals surface area contributed by atoms with E-state index in [0.29, 0.717) is 26.3 Å². The normalized spacial score (nSPS) is 14.7. The van der Waals surface area contributed by atoms with Crippen LogP contribution in [0.1, 0.15) is 5.56 Å². The highest BCUT2D eigenvalue weighted by atomic mass is 19.4. The monoisotopic (exact) mass is 480 g/mol. The number of hydrogen-bond donors (Lipinski definition) is 2. The van der Waals surface area contributed by atoms with Gasteiger partial charge in [-0.3, -0.25) is 4.79 Å². The summed E-state index contributed by atoms with van der Waals surface area (Å²) in [5, 5.41) is 5.04. The van der Waals surface area contributed by atoms with E-state index in [9.17, 15) is 31.1 Å². The van der Waals surface area contributed by atoms with Crippen molar-refractivity contribution in [2.24, 2.45) is 0 Å². The van der Waals surface area contributed by atoms with Crippen LogP contribution in [0.25, 0.3) is 0 Å². The summed E-state index contributed by atoms with van der Waals surface area (Å²) >= 11 is 0. The Morgan fingerprint density at radius 1 is 1.06 bits per heavy atom.